The van der Waals surface area contributed by atoms with Gasteiger partial charge in [0.05, 0.1) is 19.6 Å². The number of benzene rings is 3. The molecule has 9 nitrogen and oxygen atoms in total. The van der Waals surface area contributed by atoms with E-state index in [9.17, 15) is 15.6 Å². The Kier molecular flexibility index (Phi) is 7.06. The lowest BCUT2D eigenvalue weighted by Gasteiger charge is -2.22. The van der Waals surface area contributed by atoms with E-state index in [2.05, 4.69) is 15.0 Å². The smallest absolute Gasteiger partial charge is 0.256 e. The molecule has 3 N–H and O–H groups in total. The Labute approximate surface area is 191 Å². The topological polar surface area (TPSA) is 109 Å². The summed E-state index contributed by atoms with van der Waals surface area (Å²) in [6.07, 6.45) is 0. The van der Waals surface area contributed by atoms with Gasteiger partial charge in [-0.05, 0) is 16.7 Å². The third-order valence-electron chi connectivity index (χ3n) is 4.82. The molecule has 33 heavy (non-hydrogen) atoms. The van der Waals surface area contributed by atoms with Gasteiger partial charge in [-0.25, -0.2) is 15.2 Å². The van der Waals surface area contributed by atoms with Crippen molar-refractivity contribution in [3.8, 4) is 0 Å². The normalized spacial score (nSPS) is 10.6. The molecule has 0 unspecified atom stereocenters. The molecule has 0 bridgehead atoms. The average molecular weight is 444 g/mol. The molecule has 0 spiro atoms. The van der Waals surface area contributed by atoms with Crippen molar-refractivity contribution in [2.45, 2.75) is 19.6 Å². The molecule has 0 radical (unpaired) electrons. The van der Waals surface area contributed by atoms with E-state index in [1.807, 2.05) is 91.0 Å². The number of hydrogen-bond donors (Lipinski definition) is 3. The van der Waals surface area contributed by atoms with Crippen LogP contribution in [0.15, 0.2) is 91.0 Å². The predicted molar refractivity (Wildman–Crippen MR) is 123 cm³/mol. The van der Waals surface area contributed by atoms with E-state index < -0.39 is 0 Å². The fraction of sp³-hybridized carbons (Fsp3) is 0.125. The average Bonchev–Trinajstić information content (AvgIpc) is 2.85. The summed E-state index contributed by atoms with van der Waals surface area (Å²) in [5.74, 6) is -0.339. The molecule has 4 rings (SSSR count). The van der Waals surface area contributed by atoms with Crippen LogP contribution in [0.3, 0.4) is 0 Å². The maximum atomic E-state index is 10.6. The predicted octanol–water partition coefficient (Wildman–Crippen LogP) is 4.06. The Bertz CT molecular complexity index is 990. The number of rotatable bonds is 9. The fourth-order valence-electron chi connectivity index (χ4n) is 3.17. The molecule has 0 aliphatic rings. The van der Waals surface area contributed by atoms with E-state index in [0.717, 1.165) is 31.9 Å². The van der Waals surface area contributed by atoms with E-state index >= 15 is 0 Å². The van der Waals surface area contributed by atoms with Crippen LogP contribution in [0.1, 0.15) is 16.7 Å². The minimum Gasteiger partial charge on any atom is -0.285 e. The highest BCUT2D eigenvalue weighted by atomic mass is 16.5. The Morgan fingerprint density at radius 2 is 0.667 bits per heavy atom. The molecule has 0 aliphatic carbocycles. The van der Waals surface area contributed by atoms with Gasteiger partial charge in [-0.15, -0.1) is 0 Å². The molecule has 0 aliphatic heterocycles. The molecular formula is C24H24N6O3. The summed E-state index contributed by atoms with van der Waals surface area (Å²) in [6.45, 7) is 0.327. The summed E-state index contributed by atoms with van der Waals surface area (Å²) < 4.78 is 0. The van der Waals surface area contributed by atoms with Gasteiger partial charge in [0.1, 0.15) is 0 Å². The SMILES string of the molecule is ON(Cc1ccccc1)c1nc(N(O)Cc2ccccc2)nc(N(O)Cc2ccccc2)n1. The first-order valence-corrected chi connectivity index (χ1v) is 10.4. The van der Waals surface area contributed by atoms with E-state index in [1.54, 1.807) is 0 Å². The van der Waals surface area contributed by atoms with Crippen molar-refractivity contribution in [2.75, 3.05) is 15.2 Å². The van der Waals surface area contributed by atoms with Crippen LogP contribution in [0.25, 0.3) is 0 Å². The highest BCUT2D eigenvalue weighted by Crippen LogP contribution is 2.21. The van der Waals surface area contributed by atoms with Crippen molar-refractivity contribution in [3.05, 3.63) is 108 Å². The second-order valence-corrected chi connectivity index (χ2v) is 7.37. The number of anilines is 3. The summed E-state index contributed by atoms with van der Waals surface area (Å²) in [4.78, 5) is 12.6. The first kappa shape index (κ1) is 22.2. The Balaban J connectivity index is 1.62. The molecule has 0 amide bonds. The summed E-state index contributed by atoms with van der Waals surface area (Å²) in [6, 6.07) is 27.9. The highest BCUT2D eigenvalue weighted by Gasteiger charge is 2.19. The maximum absolute atomic E-state index is 10.6. The van der Waals surface area contributed by atoms with Gasteiger partial charge in [0.25, 0.3) is 17.8 Å². The number of nitrogens with zero attached hydrogens (tertiary/aromatic N) is 6. The van der Waals surface area contributed by atoms with Gasteiger partial charge in [-0.3, -0.25) is 15.6 Å². The van der Waals surface area contributed by atoms with E-state index in [-0.39, 0.29) is 37.5 Å². The number of hydrogen-bond acceptors (Lipinski definition) is 9. The maximum Gasteiger partial charge on any atom is 0.256 e. The van der Waals surface area contributed by atoms with Crippen molar-refractivity contribution in [2.24, 2.45) is 0 Å². The number of hydroxylamine groups is 3. The van der Waals surface area contributed by atoms with Gasteiger partial charge in [0, 0.05) is 0 Å². The summed E-state index contributed by atoms with van der Waals surface area (Å²) in [5, 5.41) is 34.5. The Hall–Kier alpha value is -4.05. The lowest BCUT2D eigenvalue weighted by Crippen LogP contribution is -2.28. The summed E-state index contributed by atoms with van der Waals surface area (Å²) in [7, 11) is 0. The van der Waals surface area contributed by atoms with Gasteiger partial charge in [0.2, 0.25) is 0 Å². The molecule has 168 valence electrons. The highest BCUT2D eigenvalue weighted by molar-refractivity contribution is 5.44. The van der Waals surface area contributed by atoms with Crippen molar-refractivity contribution in [3.63, 3.8) is 0 Å². The molecule has 0 saturated carbocycles. The van der Waals surface area contributed by atoms with Gasteiger partial charge >= 0.3 is 0 Å². The second kappa shape index (κ2) is 10.5. The van der Waals surface area contributed by atoms with Gasteiger partial charge in [0.15, 0.2) is 0 Å². The molecule has 3 aromatic carbocycles. The van der Waals surface area contributed by atoms with Crippen LogP contribution in [-0.2, 0) is 19.6 Å². The monoisotopic (exact) mass is 444 g/mol. The minimum atomic E-state index is -0.113. The molecule has 9 heteroatoms. The van der Waals surface area contributed by atoms with E-state index in [1.165, 1.54) is 0 Å². The van der Waals surface area contributed by atoms with Crippen LogP contribution in [0.2, 0.25) is 0 Å². The molecular weight excluding hydrogens is 420 g/mol. The van der Waals surface area contributed by atoms with Gasteiger partial charge < -0.3 is 0 Å². The van der Waals surface area contributed by atoms with Crippen LogP contribution in [-0.4, -0.2) is 30.6 Å². The first-order chi connectivity index (χ1) is 16.1. The van der Waals surface area contributed by atoms with Crippen molar-refractivity contribution in [1.29, 1.82) is 0 Å². The zero-order chi connectivity index (χ0) is 23.0. The molecule has 1 aromatic heterocycles. The Morgan fingerprint density at radius 3 is 0.909 bits per heavy atom. The van der Waals surface area contributed by atoms with Crippen LogP contribution in [0, 0.1) is 0 Å². The zero-order valence-corrected chi connectivity index (χ0v) is 17.8. The summed E-state index contributed by atoms with van der Waals surface area (Å²) >= 11 is 0. The molecule has 4 aromatic rings. The van der Waals surface area contributed by atoms with Crippen molar-refractivity contribution in [1.82, 2.24) is 15.0 Å². The zero-order valence-electron chi connectivity index (χ0n) is 17.8. The van der Waals surface area contributed by atoms with Gasteiger partial charge in [-0.1, -0.05) is 91.0 Å². The van der Waals surface area contributed by atoms with Crippen LogP contribution >= 0.6 is 0 Å². The molecule has 0 atom stereocenters. The lowest BCUT2D eigenvalue weighted by molar-refractivity contribution is 0.226. The fourth-order valence-corrected chi connectivity index (χ4v) is 3.17. The molecule has 0 saturated heterocycles. The van der Waals surface area contributed by atoms with Crippen LogP contribution < -0.4 is 15.2 Å². The Morgan fingerprint density at radius 1 is 0.424 bits per heavy atom. The molecule has 0 fully saturated rings. The van der Waals surface area contributed by atoms with Crippen molar-refractivity contribution < 1.29 is 15.6 Å². The first-order valence-electron chi connectivity index (χ1n) is 10.4. The lowest BCUT2D eigenvalue weighted by atomic mass is 10.2. The van der Waals surface area contributed by atoms with Gasteiger partial charge in [-0.2, -0.15) is 15.0 Å². The van der Waals surface area contributed by atoms with Crippen LogP contribution in [0.4, 0.5) is 17.8 Å². The molecule has 1 heterocycles. The van der Waals surface area contributed by atoms with Crippen molar-refractivity contribution >= 4 is 17.8 Å². The minimum absolute atomic E-state index is 0.109. The number of aromatic nitrogens is 3. The third kappa shape index (κ3) is 6.01. The quantitative estimate of drug-likeness (QED) is 0.329. The second-order valence-electron chi connectivity index (χ2n) is 7.37. The summed E-state index contributed by atoms with van der Waals surface area (Å²) in [5.41, 5.74) is 2.50. The standard InChI is InChI=1S/C24H24N6O3/c31-28(16-19-10-4-1-5-11-19)22-25-23(29(32)17-20-12-6-2-7-13-20)27-24(26-22)30(33)18-21-14-8-3-9-15-21/h1-15,31-33H,16-18H2. The largest absolute Gasteiger partial charge is 0.285 e. The van der Waals surface area contributed by atoms with Crippen LogP contribution in [0.5, 0.6) is 0 Å². The van der Waals surface area contributed by atoms with E-state index in [4.69, 9.17) is 0 Å². The third-order valence-corrected chi connectivity index (χ3v) is 4.82. The van der Waals surface area contributed by atoms with E-state index in [0.29, 0.717) is 0 Å².